The molecule has 0 aliphatic carbocycles. The van der Waals surface area contributed by atoms with Crippen LogP contribution in [0.15, 0.2) is 12.1 Å². The van der Waals surface area contributed by atoms with E-state index in [1.807, 2.05) is 0 Å². The van der Waals surface area contributed by atoms with Gasteiger partial charge in [0.05, 0.1) is 13.7 Å². The van der Waals surface area contributed by atoms with Crippen LogP contribution in [0.5, 0.6) is 5.75 Å². The summed E-state index contributed by atoms with van der Waals surface area (Å²) in [5.41, 5.74) is 2.02. The SMILES string of the molecule is COCc1cc(F)cc(OC)c1C1CCNCC1. The Morgan fingerprint density at radius 2 is 2.00 bits per heavy atom. The zero-order valence-corrected chi connectivity index (χ0v) is 11.0. The third kappa shape index (κ3) is 2.82. The van der Waals surface area contributed by atoms with Crippen molar-refractivity contribution in [1.82, 2.24) is 5.32 Å². The van der Waals surface area contributed by atoms with Crippen LogP contribution in [0.2, 0.25) is 0 Å². The van der Waals surface area contributed by atoms with Gasteiger partial charge in [0.2, 0.25) is 0 Å². The topological polar surface area (TPSA) is 30.5 Å². The van der Waals surface area contributed by atoms with E-state index in [1.165, 1.54) is 6.07 Å². The smallest absolute Gasteiger partial charge is 0.127 e. The maximum Gasteiger partial charge on any atom is 0.127 e. The largest absolute Gasteiger partial charge is 0.496 e. The van der Waals surface area contributed by atoms with Crippen LogP contribution >= 0.6 is 0 Å². The van der Waals surface area contributed by atoms with Crippen molar-refractivity contribution < 1.29 is 13.9 Å². The molecule has 0 spiro atoms. The average Bonchev–Trinajstić information content (AvgIpc) is 2.39. The molecule has 1 fully saturated rings. The molecule has 0 radical (unpaired) electrons. The van der Waals surface area contributed by atoms with Crippen molar-refractivity contribution in [2.24, 2.45) is 0 Å². The Morgan fingerprint density at radius 3 is 2.61 bits per heavy atom. The number of benzene rings is 1. The molecule has 1 aliphatic rings. The maximum absolute atomic E-state index is 13.5. The van der Waals surface area contributed by atoms with Crippen molar-refractivity contribution in [3.63, 3.8) is 0 Å². The Balaban J connectivity index is 2.39. The van der Waals surface area contributed by atoms with E-state index in [9.17, 15) is 4.39 Å². The predicted octanol–water partition coefficient (Wildman–Crippen LogP) is 2.45. The molecule has 1 saturated heterocycles. The summed E-state index contributed by atoms with van der Waals surface area (Å²) >= 11 is 0. The second-order valence-corrected chi connectivity index (χ2v) is 4.64. The molecule has 1 N–H and O–H groups in total. The van der Waals surface area contributed by atoms with Gasteiger partial charge in [0.1, 0.15) is 11.6 Å². The van der Waals surface area contributed by atoms with Gasteiger partial charge in [0.15, 0.2) is 0 Å². The first-order chi connectivity index (χ1) is 8.76. The molecular formula is C14H20FNO2. The molecule has 2 rings (SSSR count). The maximum atomic E-state index is 13.5. The molecule has 4 heteroatoms. The van der Waals surface area contributed by atoms with Crippen molar-refractivity contribution in [3.05, 3.63) is 29.1 Å². The summed E-state index contributed by atoms with van der Waals surface area (Å²) in [5.74, 6) is 0.803. The quantitative estimate of drug-likeness (QED) is 0.894. The molecule has 0 aromatic heterocycles. The van der Waals surface area contributed by atoms with Gasteiger partial charge in [-0.3, -0.25) is 0 Å². The van der Waals surface area contributed by atoms with Crippen LogP contribution in [0.25, 0.3) is 0 Å². The first-order valence-electron chi connectivity index (χ1n) is 6.32. The standard InChI is InChI=1S/C14H20FNO2/c1-17-9-11-7-12(15)8-13(18-2)14(11)10-3-5-16-6-4-10/h7-8,10,16H,3-6,9H2,1-2H3. The minimum Gasteiger partial charge on any atom is -0.496 e. The monoisotopic (exact) mass is 253 g/mol. The third-order valence-corrected chi connectivity index (χ3v) is 3.46. The van der Waals surface area contributed by atoms with E-state index >= 15 is 0 Å². The van der Waals surface area contributed by atoms with Crippen LogP contribution < -0.4 is 10.1 Å². The Morgan fingerprint density at radius 1 is 1.28 bits per heavy atom. The van der Waals surface area contributed by atoms with Crippen LogP contribution in [0.3, 0.4) is 0 Å². The minimum absolute atomic E-state index is 0.267. The molecule has 0 unspecified atom stereocenters. The van der Waals surface area contributed by atoms with Gasteiger partial charge in [-0.25, -0.2) is 4.39 Å². The van der Waals surface area contributed by atoms with Gasteiger partial charge in [-0.05, 0) is 43.5 Å². The molecule has 1 aromatic carbocycles. The third-order valence-electron chi connectivity index (χ3n) is 3.46. The molecule has 1 aromatic rings. The lowest BCUT2D eigenvalue weighted by Gasteiger charge is -2.26. The normalized spacial score (nSPS) is 16.8. The van der Waals surface area contributed by atoms with Crippen LogP contribution in [-0.2, 0) is 11.3 Å². The van der Waals surface area contributed by atoms with Crippen LogP contribution in [0.4, 0.5) is 4.39 Å². The predicted molar refractivity (Wildman–Crippen MR) is 68.5 cm³/mol. The number of hydrogen-bond acceptors (Lipinski definition) is 3. The van der Waals surface area contributed by atoms with Gasteiger partial charge in [0, 0.05) is 18.7 Å². The number of halogens is 1. The van der Waals surface area contributed by atoms with Crippen LogP contribution in [0.1, 0.15) is 29.9 Å². The van der Waals surface area contributed by atoms with Gasteiger partial charge in [-0.1, -0.05) is 0 Å². The number of nitrogens with one attached hydrogen (secondary N) is 1. The second-order valence-electron chi connectivity index (χ2n) is 4.64. The fourth-order valence-corrected chi connectivity index (χ4v) is 2.66. The summed E-state index contributed by atoms with van der Waals surface area (Å²) in [6.45, 7) is 2.42. The first-order valence-corrected chi connectivity index (χ1v) is 6.32. The number of hydrogen-bond donors (Lipinski definition) is 1. The zero-order chi connectivity index (χ0) is 13.0. The molecule has 0 atom stereocenters. The first kappa shape index (κ1) is 13.3. The van der Waals surface area contributed by atoms with Crippen molar-refractivity contribution in [2.75, 3.05) is 27.3 Å². The lowest BCUT2D eigenvalue weighted by atomic mass is 9.86. The number of rotatable bonds is 4. The Bertz CT molecular complexity index is 403. The molecular weight excluding hydrogens is 233 g/mol. The summed E-state index contributed by atoms with van der Waals surface area (Å²) in [7, 11) is 3.22. The molecule has 100 valence electrons. The molecule has 0 saturated carbocycles. The Hall–Kier alpha value is -1.13. The lowest BCUT2D eigenvalue weighted by molar-refractivity contribution is 0.182. The van der Waals surface area contributed by atoms with Gasteiger partial charge >= 0.3 is 0 Å². The van der Waals surface area contributed by atoms with E-state index in [0.717, 1.165) is 37.1 Å². The van der Waals surface area contributed by atoms with E-state index in [1.54, 1.807) is 20.3 Å². The highest BCUT2D eigenvalue weighted by molar-refractivity contribution is 5.43. The minimum atomic E-state index is -0.267. The molecule has 18 heavy (non-hydrogen) atoms. The van der Waals surface area contributed by atoms with Gasteiger partial charge in [-0.2, -0.15) is 0 Å². The Labute approximate surface area is 107 Å². The number of ether oxygens (including phenoxy) is 2. The number of piperidine rings is 1. The fourth-order valence-electron chi connectivity index (χ4n) is 2.66. The van der Waals surface area contributed by atoms with Crippen molar-refractivity contribution in [2.45, 2.75) is 25.4 Å². The van der Waals surface area contributed by atoms with Crippen molar-refractivity contribution in [1.29, 1.82) is 0 Å². The van der Waals surface area contributed by atoms with E-state index in [-0.39, 0.29) is 5.82 Å². The van der Waals surface area contributed by atoms with Crippen molar-refractivity contribution in [3.8, 4) is 5.75 Å². The van der Waals surface area contributed by atoms with Crippen LogP contribution in [-0.4, -0.2) is 27.3 Å². The summed E-state index contributed by atoms with van der Waals surface area (Å²) < 4.78 is 24.1. The van der Waals surface area contributed by atoms with E-state index in [4.69, 9.17) is 9.47 Å². The van der Waals surface area contributed by atoms with Gasteiger partial charge < -0.3 is 14.8 Å². The molecule has 0 amide bonds. The summed E-state index contributed by atoms with van der Waals surface area (Å²) in [6.07, 6.45) is 2.11. The fraction of sp³-hybridized carbons (Fsp3) is 0.571. The highest BCUT2D eigenvalue weighted by Gasteiger charge is 2.23. The Kier molecular flexibility index (Phi) is 4.55. The summed E-state index contributed by atoms with van der Waals surface area (Å²) in [4.78, 5) is 0. The van der Waals surface area contributed by atoms with Crippen LogP contribution in [0, 0.1) is 5.82 Å². The highest BCUT2D eigenvalue weighted by Crippen LogP contribution is 2.36. The molecule has 0 bridgehead atoms. The number of methoxy groups -OCH3 is 2. The van der Waals surface area contributed by atoms with E-state index in [2.05, 4.69) is 5.32 Å². The van der Waals surface area contributed by atoms with Gasteiger partial charge in [-0.15, -0.1) is 0 Å². The zero-order valence-electron chi connectivity index (χ0n) is 11.0. The summed E-state index contributed by atoms with van der Waals surface area (Å²) in [6, 6.07) is 3.03. The second kappa shape index (κ2) is 6.16. The molecule has 3 nitrogen and oxygen atoms in total. The lowest BCUT2D eigenvalue weighted by Crippen LogP contribution is -2.27. The van der Waals surface area contributed by atoms with Crippen molar-refractivity contribution >= 4 is 0 Å². The average molecular weight is 253 g/mol. The van der Waals surface area contributed by atoms with E-state index in [0.29, 0.717) is 18.3 Å². The molecule has 1 heterocycles. The summed E-state index contributed by atoms with van der Waals surface area (Å²) in [5, 5.41) is 3.34. The highest BCUT2D eigenvalue weighted by atomic mass is 19.1. The van der Waals surface area contributed by atoms with Gasteiger partial charge in [0.25, 0.3) is 0 Å². The van der Waals surface area contributed by atoms with E-state index < -0.39 is 0 Å². The molecule has 1 aliphatic heterocycles.